The number of carbonyl (C=O) groups is 2. The van der Waals surface area contributed by atoms with Gasteiger partial charge in [-0.1, -0.05) is 24.3 Å². The van der Waals surface area contributed by atoms with Gasteiger partial charge in [-0.3, -0.25) is 14.7 Å². The van der Waals surface area contributed by atoms with Crippen LogP contribution >= 0.6 is 0 Å². The first-order chi connectivity index (χ1) is 13.6. The Morgan fingerprint density at radius 1 is 0.964 bits per heavy atom. The van der Waals surface area contributed by atoms with Crippen LogP contribution in [0.2, 0.25) is 0 Å². The van der Waals surface area contributed by atoms with E-state index in [1.165, 1.54) is 24.3 Å². The minimum absolute atomic E-state index is 0.0753. The molecule has 2 amide bonds. The number of aromatic nitrogens is 2. The van der Waals surface area contributed by atoms with Gasteiger partial charge >= 0.3 is 0 Å². The van der Waals surface area contributed by atoms with Crippen LogP contribution in [-0.4, -0.2) is 28.6 Å². The lowest BCUT2D eigenvalue weighted by molar-refractivity contribution is -0.121. The Morgan fingerprint density at radius 3 is 2.39 bits per heavy atom. The lowest BCUT2D eigenvalue weighted by Gasteiger charge is -2.07. The van der Waals surface area contributed by atoms with Crippen molar-refractivity contribution in [3.63, 3.8) is 0 Å². The van der Waals surface area contributed by atoms with Gasteiger partial charge in [0.1, 0.15) is 5.82 Å². The molecule has 3 aromatic rings. The summed E-state index contributed by atoms with van der Waals surface area (Å²) in [7, 11) is 0. The molecule has 2 aromatic carbocycles. The quantitative estimate of drug-likeness (QED) is 0.525. The van der Waals surface area contributed by atoms with Crippen molar-refractivity contribution in [3.8, 4) is 11.3 Å². The molecule has 0 aliphatic rings. The summed E-state index contributed by atoms with van der Waals surface area (Å²) in [5.74, 6) is -0.740. The fraction of sp³-hybridized carbons (Fsp3) is 0.190. The Hall–Kier alpha value is -3.48. The van der Waals surface area contributed by atoms with Gasteiger partial charge in [-0.15, -0.1) is 0 Å². The van der Waals surface area contributed by atoms with Crippen LogP contribution in [0.15, 0.2) is 60.8 Å². The van der Waals surface area contributed by atoms with Crippen molar-refractivity contribution < 1.29 is 14.0 Å². The molecule has 6 nitrogen and oxygen atoms in total. The van der Waals surface area contributed by atoms with Crippen LogP contribution in [0.4, 0.5) is 4.39 Å². The molecule has 1 heterocycles. The molecule has 0 atom stereocenters. The summed E-state index contributed by atoms with van der Waals surface area (Å²) in [5.41, 5.74) is 3.37. The average molecular weight is 380 g/mol. The summed E-state index contributed by atoms with van der Waals surface area (Å²) in [6.07, 6.45) is 2.54. The lowest BCUT2D eigenvalue weighted by Crippen LogP contribution is -2.27. The zero-order valence-electron chi connectivity index (χ0n) is 15.2. The predicted octanol–water partition coefficient (Wildman–Crippen LogP) is 3.04. The molecule has 0 saturated heterocycles. The highest BCUT2D eigenvalue weighted by molar-refractivity contribution is 5.94. The smallest absolute Gasteiger partial charge is 0.251 e. The Labute approximate surface area is 162 Å². The van der Waals surface area contributed by atoms with Crippen LogP contribution in [0.25, 0.3) is 11.3 Å². The molecule has 0 fully saturated rings. The fourth-order valence-electron chi connectivity index (χ4n) is 2.66. The highest BCUT2D eigenvalue weighted by Gasteiger charge is 2.06. The van der Waals surface area contributed by atoms with Crippen LogP contribution in [-0.2, 0) is 11.3 Å². The van der Waals surface area contributed by atoms with Gasteiger partial charge in [0.25, 0.3) is 5.91 Å². The molecule has 3 rings (SSSR count). The molecular formula is C21H21FN4O2. The van der Waals surface area contributed by atoms with Crippen LogP contribution in [0, 0.1) is 5.82 Å². The Bertz CT molecular complexity index is 907. The maximum Gasteiger partial charge on any atom is 0.251 e. The number of nitrogens with zero attached hydrogens (tertiary/aromatic N) is 1. The Morgan fingerprint density at radius 2 is 1.71 bits per heavy atom. The second-order valence-corrected chi connectivity index (χ2v) is 6.31. The van der Waals surface area contributed by atoms with Gasteiger partial charge in [-0.2, -0.15) is 5.10 Å². The number of carbonyl (C=O) groups excluding carboxylic acids is 2. The number of benzene rings is 2. The molecule has 3 N–H and O–H groups in total. The molecule has 0 unspecified atom stereocenters. The van der Waals surface area contributed by atoms with E-state index in [0.29, 0.717) is 31.5 Å². The number of rotatable bonds is 8. The minimum atomic E-state index is -0.385. The van der Waals surface area contributed by atoms with E-state index in [4.69, 9.17) is 0 Å². The standard InChI is InChI=1S/C21H21FN4O2/c22-18-9-7-17(8-10-18)21(28)23-12-1-2-20(27)24-14-15-3-5-16(6-4-15)19-11-13-25-26-19/h3-11,13H,1-2,12,14H2,(H,23,28)(H,24,27)(H,25,26). The monoisotopic (exact) mass is 380 g/mol. The summed E-state index contributed by atoms with van der Waals surface area (Å²) in [6, 6.07) is 15.1. The van der Waals surface area contributed by atoms with Gasteiger partial charge in [0.2, 0.25) is 5.91 Å². The molecule has 0 aliphatic carbocycles. The lowest BCUT2D eigenvalue weighted by atomic mass is 10.1. The third-order valence-electron chi connectivity index (χ3n) is 4.23. The first-order valence-electron chi connectivity index (χ1n) is 9.01. The van der Waals surface area contributed by atoms with Crippen molar-refractivity contribution >= 4 is 11.8 Å². The van der Waals surface area contributed by atoms with Gasteiger partial charge in [0.05, 0.1) is 5.69 Å². The molecule has 28 heavy (non-hydrogen) atoms. The van der Waals surface area contributed by atoms with E-state index in [1.54, 1.807) is 6.20 Å². The van der Waals surface area contributed by atoms with Crippen LogP contribution < -0.4 is 10.6 Å². The topological polar surface area (TPSA) is 86.9 Å². The number of nitrogens with one attached hydrogen (secondary N) is 3. The van der Waals surface area contributed by atoms with Crippen LogP contribution in [0.5, 0.6) is 0 Å². The number of halogens is 1. The van der Waals surface area contributed by atoms with Crippen molar-refractivity contribution in [2.24, 2.45) is 0 Å². The van der Waals surface area contributed by atoms with Gasteiger partial charge < -0.3 is 10.6 Å². The van der Waals surface area contributed by atoms with E-state index >= 15 is 0 Å². The van der Waals surface area contributed by atoms with E-state index in [0.717, 1.165) is 16.8 Å². The second-order valence-electron chi connectivity index (χ2n) is 6.31. The maximum absolute atomic E-state index is 12.8. The van der Waals surface area contributed by atoms with Crippen molar-refractivity contribution in [2.75, 3.05) is 6.54 Å². The zero-order chi connectivity index (χ0) is 19.8. The van der Waals surface area contributed by atoms with Gasteiger partial charge in [0.15, 0.2) is 0 Å². The van der Waals surface area contributed by atoms with Crippen molar-refractivity contribution in [2.45, 2.75) is 19.4 Å². The summed E-state index contributed by atoms with van der Waals surface area (Å²) in [6.45, 7) is 0.826. The summed E-state index contributed by atoms with van der Waals surface area (Å²) in [5, 5.41) is 12.4. The first-order valence-corrected chi connectivity index (χ1v) is 9.01. The predicted molar refractivity (Wildman–Crippen MR) is 104 cm³/mol. The largest absolute Gasteiger partial charge is 0.352 e. The fourth-order valence-corrected chi connectivity index (χ4v) is 2.66. The first kappa shape index (κ1) is 19.3. The van der Waals surface area contributed by atoms with E-state index in [9.17, 15) is 14.0 Å². The summed E-state index contributed by atoms with van der Waals surface area (Å²) >= 11 is 0. The van der Waals surface area contributed by atoms with Gasteiger partial charge in [0, 0.05) is 31.3 Å². The SMILES string of the molecule is O=C(CCCNC(=O)c1ccc(F)cc1)NCc1ccc(-c2ccn[nH]2)cc1. The molecular weight excluding hydrogens is 359 g/mol. The van der Waals surface area contributed by atoms with E-state index in [1.807, 2.05) is 30.3 Å². The Kier molecular flexibility index (Phi) is 6.51. The van der Waals surface area contributed by atoms with E-state index in [-0.39, 0.29) is 17.6 Å². The molecule has 0 spiro atoms. The molecule has 0 radical (unpaired) electrons. The number of H-pyrrole nitrogens is 1. The number of amides is 2. The number of hydrogen-bond donors (Lipinski definition) is 3. The highest BCUT2D eigenvalue weighted by Crippen LogP contribution is 2.16. The van der Waals surface area contributed by atoms with Crippen molar-refractivity contribution in [3.05, 3.63) is 77.7 Å². The number of aromatic amines is 1. The average Bonchev–Trinajstić information content (AvgIpc) is 3.25. The van der Waals surface area contributed by atoms with Crippen LogP contribution in [0.1, 0.15) is 28.8 Å². The molecule has 7 heteroatoms. The third-order valence-corrected chi connectivity index (χ3v) is 4.23. The van der Waals surface area contributed by atoms with E-state index < -0.39 is 0 Å². The summed E-state index contributed by atoms with van der Waals surface area (Å²) < 4.78 is 12.8. The Balaban J connectivity index is 1.34. The number of hydrogen-bond acceptors (Lipinski definition) is 3. The third kappa shape index (κ3) is 5.51. The molecule has 144 valence electrons. The van der Waals surface area contributed by atoms with E-state index in [2.05, 4.69) is 20.8 Å². The minimum Gasteiger partial charge on any atom is -0.352 e. The van der Waals surface area contributed by atoms with Crippen LogP contribution in [0.3, 0.4) is 0 Å². The highest BCUT2D eigenvalue weighted by atomic mass is 19.1. The second kappa shape index (κ2) is 9.45. The molecule has 0 saturated carbocycles. The maximum atomic E-state index is 12.8. The zero-order valence-corrected chi connectivity index (χ0v) is 15.2. The summed E-state index contributed by atoms with van der Waals surface area (Å²) in [4.78, 5) is 23.8. The molecule has 1 aromatic heterocycles. The van der Waals surface area contributed by atoms with Gasteiger partial charge in [-0.05, 0) is 47.9 Å². The molecule has 0 bridgehead atoms. The van der Waals surface area contributed by atoms with Crippen molar-refractivity contribution in [1.82, 2.24) is 20.8 Å². The van der Waals surface area contributed by atoms with Gasteiger partial charge in [-0.25, -0.2) is 4.39 Å². The van der Waals surface area contributed by atoms with Crippen molar-refractivity contribution in [1.29, 1.82) is 0 Å². The molecule has 0 aliphatic heterocycles. The normalized spacial score (nSPS) is 10.5.